The highest BCUT2D eigenvalue weighted by molar-refractivity contribution is 5.57. The van der Waals surface area contributed by atoms with Gasteiger partial charge in [0.2, 0.25) is 0 Å². The van der Waals surface area contributed by atoms with E-state index < -0.39 is 11.8 Å². The monoisotopic (exact) mass is 172 g/mol. The predicted octanol–water partition coefficient (Wildman–Crippen LogP) is 2.82. The third-order valence-electron chi connectivity index (χ3n) is 1.52. The number of carboxylic acid groups (broad SMARTS) is 1. The largest absolute Gasteiger partial charge is 0.506 e. The number of hydrogen-bond donors (Lipinski definition) is 1. The summed E-state index contributed by atoms with van der Waals surface area (Å²) in [5.74, 6) is 0. The molecular formula is C9H16O3. The molecule has 1 N–H and O–H groups in total. The Morgan fingerprint density at radius 2 is 2.08 bits per heavy atom. The second-order valence-corrected chi connectivity index (χ2v) is 3.58. The number of rotatable bonds is 4. The summed E-state index contributed by atoms with van der Waals surface area (Å²) in [7, 11) is 0. The molecule has 0 amide bonds. The first-order chi connectivity index (χ1) is 5.33. The lowest BCUT2D eigenvalue weighted by atomic mass is 10.00. The van der Waals surface area contributed by atoms with E-state index in [2.05, 4.69) is 11.3 Å². The molecule has 0 fully saturated rings. The summed E-state index contributed by atoms with van der Waals surface area (Å²) in [4.78, 5) is 10.2. The molecule has 0 unspecified atom stereocenters. The van der Waals surface area contributed by atoms with Gasteiger partial charge in [-0.15, -0.1) is 6.58 Å². The van der Waals surface area contributed by atoms with Crippen molar-refractivity contribution < 1.29 is 14.6 Å². The molecule has 0 aromatic carbocycles. The van der Waals surface area contributed by atoms with Gasteiger partial charge in [0.05, 0.1) is 0 Å². The normalized spacial score (nSPS) is 10.9. The molecule has 0 aromatic heterocycles. The third-order valence-corrected chi connectivity index (χ3v) is 1.52. The molecule has 3 nitrogen and oxygen atoms in total. The second-order valence-electron chi connectivity index (χ2n) is 3.58. The van der Waals surface area contributed by atoms with Crippen LogP contribution in [-0.4, -0.2) is 16.9 Å². The van der Waals surface area contributed by atoms with E-state index in [1.807, 2.05) is 6.92 Å². The summed E-state index contributed by atoms with van der Waals surface area (Å²) < 4.78 is 4.66. The Morgan fingerprint density at radius 3 is 2.42 bits per heavy atom. The van der Waals surface area contributed by atoms with Gasteiger partial charge in [0, 0.05) is 0 Å². The summed E-state index contributed by atoms with van der Waals surface area (Å²) in [6.45, 7) is 9.16. The molecular weight excluding hydrogens is 156 g/mol. The maximum Gasteiger partial charge on any atom is 0.506 e. The van der Waals surface area contributed by atoms with Crippen molar-refractivity contribution >= 4 is 6.16 Å². The van der Waals surface area contributed by atoms with E-state index >= 15 is 0 Å². The van der Waals surface area contributed by atoms with Gasteiger partial charge in [-0.3, -0.25) is 0 Å². The highest BCUT2D eigenvalue weighted by atomic mass is 16.7. The quantitative estimate of drug-likeness (QED) is 0.524. The summed E-state index contributed by atoms with van der Waals surface area (Å²) in [5.41, 5.74) is 0.433. The van der Waals surface area contributed by atoms with Crippen LogP contribution < -0.4 is 0 Å². The first-order valence-corrected chi connectivity index (χ1v) is 3.90. The van der Waals surface area contributed by atoms with E-state index in [0.717, 1.165) is 12.0 Å². The molecule has 0 bridgehead atoms. The Hall–Kier alpha value is -0.990. The van der Waals surface area contributed by atoms with Crippen molar-refractivity contribution in [1.29, 1.82) is 0 Å². The van der Waals surface area contributed by atoms with Crippen molar-refractivity contribution in [1.82, 2.24) is 0 Å². The lowest BCUT2D eigenvalue weighted by Gasteiger charge is -2.22. The summed E-state index contributed by atoms with van der Waals surface area (Å²) in [6.07, 6.45) is 0.247. The lowest BCUT2D eigenvalue weighted by molar-refractivity contribution is -0.000708. The molecule has 0 aromatic rings. The fourth-order valence-electron chi connectivity index (χ4n) is 0.802. The van der Waals surface area contributed by atoms with Gasteiger partial charge < -0.3 is 9.84 Å². The van der Waals surface area contributed by atoms with Gasteiger partial charge in [-0.25, -0.2) is 4.79 Å². The molecule has 0 aliphatic carbocycles. The fraction of sp³-hybridized carbons (Fsp3) is 0.667. The topological polar surface area (TPSA) is 46.5 Å². The summed E-state index contributed by atoms with van der Waals surface area (Å²) in [6, 6.07) is 0. The van der Waals surface area contributed by atoms with Gasteiger partial charge >= 0.3 is 6.16 Å². The predicted molar refractivity (Wildman–Crippen MR) is 47.2 cm³/mol. The zero-order chi connectivity index (χ0) is 9.78. The van der Waals surface area contributed by atoms with Gasteiger partial charge in [0.25, 0.3) is 0 Å². The maximum absolute atomic E-state index is 10.2. The molecule has 0 rings (SSSR count). The van der Waals surface area contributed by atoms with Crippen molar-refractivity contribution in [3.05, 3.63) is 12.2 Å². The van der Waals surface area contributed by atoms with Gasteiger partial charge in [0.15, 0.2) is 0 Å². The molecule has 0 aliphatic heterocycles. The van der Waals surface area contributed by atoms with Gasteiger partial charge in [0.1, 0.15) is 5.60 Å². The van der Waals surface area contributed by atoms with E-state index in [1.165, 1.54) is 0 Å². The Bertz CT molecular complexity index is 182. The lowest BCUT2D eigenvalue weighted by Crippen LogP contribution is -2.27. The molecule has 0 saturated carbocycles. The van der Waals surface area contributed by atoms with Gasteiger partial charge in [-0.2, -0.15) is 0 Å². The molecule has 70 valence electrons. The Labute approximate surface area is 73.0 Å². The van der Waals surface area contributed by atoms with E-state index in [9.17, 15) is 4.79 Å². The second kappa shape index (κ2) is 4.14. The minimum atomic E-state index is -1.22. The molecule has 0 heterocycles. The summed E-state index contributed by atoms with van der Waals surface area (Å²) >= 11 is 0. The van der Waals surface area contributed by atoms with Crippen LogP contribution in [-0.2, 0) is 4.74 Å². The van der Waals surface area contributed by atoms with Gasteiger partial charge in [-0.05, 0) is 33.6 Å². The van der Waals surface area contributed by atoms with Crippen LogP contribution in [0.4, 0.5) is 4.79 Å². The van der Waals surface area contributed by atoms with Crippen LogP contribution in [0.1, 0.15) is 33.6 Å². The molecule has 0 aliphatic rings. The van der Waals surface area contributed by atoms with Crippen LogP contribution in [0, 0.1) is 0 Å². The Morgan fingerprint density at radius 1 is 1.58 bits per heavy atom. The van der Waals surface area contributed by atoms with E-state index in [1.54, 1.807) is 13.8 Å². The van der Waals surface area contributed by atoms with Gasteiger partial charge in [-0.1, -0.05) is 5.57 Å². The van der Waals surface area contributed by atoms with Crippen molar-refractivity contribution in [2.75, 3.05) is 0 Å². The molecule has 0 saturated heterocycles. The average molecular weight is 172 g/mol. The molecule has 0 atom stereocenters. The van der Waals surface area contributed by atoms with Crippen molar-refractivity contribution in [2.24, 2.45) is 0 Å². The zero-order valence-electron chi connectivity index (χ0n) is 7.89. The van der Waals surface area contributed by atoms with Crippen LogP contribution >= 0.6 is 0 Å². The highest BCUT2D eigenvalue weighted by Crippen LogP contribution is 2.19. The molecule has 0 radical (unpaired) electrons. The first-order valence-electron chi connectivity index (χ1n) is 3.90. The van der Waals surface area contributed by atoms with E-state index in [4.69, 9.17) is 5.11 Å². The highest BCUT2D eigenvalue weighted by Gasteiger charge is 2.21. The van der Waals surface area contributed by atoms with E-state index in [-0.39, 0.29) is 0 Å². The Balaban J connectivity index is 3.86. The minimum Gasteiger partial charge on any atom is -0.450 e. The minimum absolute atomic E-state index is 0.606. The number of ether oxygens (including phenoxy) is 1. The van der Waals surface area contributed by atoms with Crippen LogP contribution in [0.25, 0.3) is 0 Å². The number of hydrogen-bond acceptors (Lipinski definition) is 2. The SMILES string of the molecule is C=C(C)CCC(C)(C)OC(=O)O. The van der Waals surface area contributed by atoms with Crippen LogP contribution in [0.5, 0.6) is 0 Å². The van der Waals surface area contributed by atoms with Crippen LogP contribution in [0.2, 0.25) is 0 Å². The van der Waals surface area contributed by atoms with Crippen molar-refractivity contribution in [3.63, 3.8) is 0 Å². The Kier molecular flexibility index (Phi) is 3.80. The fourth-order valence-corrected chi connectivity index (χ4v) is 0.802. The average Bonchev–Trinajstić information content (AvgIpc) is 1.81. The van der Waals surface area contributed by atoms with E-state index in [0.29, 0.717) is 6.42 Å². The van der Waals surface area contributed by atoms with Crippen LogP contribution in [0.3, 0.4) is 0 Å². The third kappa shape index (κ3) is 5.77. The summed E-state index contributed by atoms with van der Waals surface area (Å²) in [5, 5.41) is 8.37. The molecule has 0 spiro atoms. The smallest absolute Gasteiger partial charge is 0.450 e. The number of carbonyl (C=O) groups is 1. The maximum atomic E-state index is 10.2. The molecule has 3 heteroatoms. The molecule has 12 heavy (non-hydrogen) atoms. The van der Waals surface area contributed by atoms with Crippen molar-refractivity contribution in [2.45, 2.75) is 39.2 Å². The number of allylic oxidation sites excluding steroid dienone is 1. The first kappa shape index (κ1) is 11.0. The van der Waals surface area contributed by atoms with Crippen molar-refractivity contribution in [3.8, 4) is 0 Å². The van der Waals surface area contributed by atoms with Crippen LogP contribution in [0.15, 0.2) is 12.2 Å². The zero-order valence-corrected chi connectivity index (χ0v) is 7.89. The standard InChI is InChI=1S/C9H16O3/c1-7(2)5-6-9(3,4)12-8(10)11/h1,5-6H2,2-4H3,(H,10,11).